The Morgan fingerprint density at radius 2 is 2.04 bits per heavy atom. The number of imide groups is 1. The highest BCUT2D eigenvalue weighted by Gasteiger charge is 2.47. The second-order valence-electron chi connectivity index (χ2n) is 6.54. The van der Waals surface area contributed by atoms with E-state index in [1.165, 1.54) is 4.90 Å². The Kier molecular flexibility index (Phi) is 5.25. The molecule has 142 valence electrons. The van der Waals surface area contributed by atoms with Crippen molar-refractivity contribution in [2.45, 2.75) is 31.8 Å². The van der Waals surface area contributed by atoms with E-state index in [9.17, 15) is 14.4 Å². The number of aromatic nitrogens is 2. The lowest BCUT2D eigenvalue weighted by molar-refractivity contribution is -0.147. The van der Waals surface area contributed by atoms with E-state index in [1.54, 1.807) is 31.1 Å². The van der Waals surface area contributed by atoms with Gasteiger partial charge in [0.05, 0.1) is 12.5 Å². The Hall–Kier alpha value is -3.16. The van der Waals surface area contributed by atoms with Crippen LogP contribution < -0.4 is 10.2 Å². The number of hydrogen-bond donors (Lipinski definition) is 1. The summed E-state index contributed by atoms with van der Waals surface area (Å²) in [7, 11) is 3.36. The van der Waals surface area contributed by atoms with Crippen molar-refractivity contribution in [3.63, 3.8) is 0 Å². The monoisotopic (exact) mass is 369 g/mol. The second-order valence-corrected chi connectivity index (χ2v) is 6.54. The van der Waals surface area contributed by atoms with Gasteiger partial charge in [-0.1, -0.05) is 37.3 Å². The minimum atomic E-state index is -0.813. The number of β-lactam (4-membered cyclic amide) rings is 1. The number of amides is 4. The van der Waals surface area contributed by atoms with Crippen molar-refractivity contribution in [3.05, 3.63) is 48.3 Å². The fraction of sp³-hybridized carbons (Fsp3) is 0.368. The Bertz CT molecular complexity index is 848. The first-order valence-electron chi connectivity index (χ1n) is 8.86. The third-order valence-corrected chi connectivity index (χ3v) is 4.79. The molecule has 0 aliphatic carbocycles. The van der Waals surface area contributed by atoms with Gasteiger partial charge < -0.3 is 9.88 Å². The lowest BCUT2D eigenvalue weighted by Crippen LogP contribution is -2.64. The Morgan fingerprint density at radius 1 is 1.33 bits per heavy atom. The van der Waals surface area contributed by atoms with Gasteiger partial charge in [0.2, 0.25) is 11.9 Å². The van der Waals surface area contributed by atoms with Crippen LogP contribution in [0, 0.1) is 0 Å². The average Bonchev–Trinajstić information content (AvgIpc) is 3.09. The molecule has 1 unspecified atom stereocenters. The number of urea groups is 1. The third kappa shape index (κ3) is 3.55. The van der Waals surface area contributed by atoms with Crippen LogP contribution in [-0.4, -0.2) is 45.4 Å². The summed E-state index contributed by atoms with van der Waals surface area (Å²) in [5.74, 6) is -0.246. The van der Waals surface area contributed by atoms with E-state index in [1.807, 2.05) is 37.3 Å². The molecule has 1 saturated heterocycles. The molecule has 1 aliphatic heterocycles. The molecule has 0 bridgehead atoms. The number of anilines is 1. The van der Waals surface area contributed by atoms with Crippen molar-refractivity contribution in [3.8, 4) is 0 Å². The van der Waals surface area contributed by atoms with Crippen LogP contribution in [-0.2, 0) is 16.6 Å². The molecule has 2 heterocycles. The summed E-state index contributed by atoms with van der Waals surface area (Å²) in [4.78, 5) is 44.0. The molecule has 2 aromatic rings. The van der Waals surface area contributed by atoms with E-state index in [4.69, 9.17) is 0 Å². The summed E-state index contributed by atoms with van der Waals surface area (Å²) < 4.78 is 1.70. The van der Waals surface area contributed by atoms with Gasteiger partial charge in [-0.15, -0.1) is 0 Å². The van der Waals surface area contributed by atoms with Gasteiger partial charge in [-0.25, -0.2) is 9.78 Å². The number of rotatable bonds is 5. The standard InChI is InChI=1S/C19H23N5O3/c1-4-14(13-8-6-5-7-9-13)21-19(27)24-15(12-16(24)25)17(26)23(3)18-20-10-11-22(18)2/h5-11,14-15H,4,12H2,1-3H3,(H,21,27)/t14-,15?/m1/s1. The van der Waals surface area contributed by atoms with Crippen molar-refractivity contribution in [2.75, 3.05) is 11.9 Å². The van der Waals surface area contributed by atoms with Gasteiger partial charge in [-0.2, -0.15) is 0 Å². The smallest absolute Gasteiger partial charge is 0.325 e. The molecular weight excluding hydrogens is 346 g/mol. The van der Waals surface area contributed by atoms with Crippen LogP contribution in [0.15, 0.2) is 42.7 Å². The number of hydrogen-bond acceptors (Lipinski definition) is 4. The number of carbonyl (C=O) groups is 3. The predicted molar refractivity (Wildman–Crippen MR) is 99.9 cm³/mol. The molecule has 1 aromatic heterocycles. The highest BCUT2D eigenvalue weighted by atomic mass is 16.2. The largest absolute Gasteiger partial charge is 0.331 e. The molecule has 1 N–H and O–H groups in total. The van der Waals surface area contributed by atoms with Crippen molar-refractivity contribution in [2.24, 2.45) is 7.05 Å². The lowest BCUT2D eigenvalue weighted by Gasteiger charge is -2.39. The van der Waals surface area contributed by atoms with Crippen molar-refractivity contribution in [1.82, 2.24) is 19.8 Å². The molecule has 0 radical (unpaired) electrons. The van der Waals surface area contributed by atoms with Gasteiger partial charge in [-0.05, 0) is 12.0 Å². The lowest BCUT2D eigenvalue weighted by atomic mass is 10.0. The number of aryl methyl sites for hydroxylation is 1. The minimum Gasteiger partial charge on any atom is -0.331 e. The number of nitrogens with one attached hydrogen (secondary N) is 1. The van der Waals surface area contributed by atoms with Crippen LogP contribution in [0.2, 0.25) is 0 Å². The van der Waals surface area contributed by atoms with Crippen molar-refractivity contribution in [1.29, 1.82) is 0 Å². The van der Waals surface area contributed by atoms with Crippen molar-refractivity contribution < 1.29 is 14.4 Å². The molecule has 8 heteroatoms. The number of nitrogens with zero attached hydrogens (tertiary/aromatic N) is 4. The molecule has 27 heavy (non-hydrogen) atoms. The normalized spacial score (nSPS) is 17.2. The molecule has 8 nitrogen and oxygen atoms in total. The molecule has 1 fully saturated rings. The summed E-state index contributed by atoms with van der Waals surface area (Å²) in [5, 5.41) is 2.86. The Morgan fingerprint density at radius 3 is 2.59 bits per heavy atom. The summed E-state index contributed by atoms with van der Waals surface area (Å²) in [6.07, 6.45) is 4.00. The summed E-state index contributed by atoms with van der Waals surface area (Å²) in [6, 6.07) is 7.95. The molecular formula is C19H23N5O3. The van der Waals surface area contributed by atoms with Crippen LogP contribution >= 0.6 is 0 Å². The van der Waals surface area contributed by atoms with E-state index >= 15 is 0 Å². The van der Waals surface area contributed by atoms with E-state index < -0.39 is 12.1 Å². The van der Waals surface area contributed by atoms with Gasteiger partial charge >= 0.3 is 6.03 Å². The first-order chi connectivity index (χ1) is 12.9. The molecule has 4 amide bonds. The highest BCUT2D eigenvalue weighted by Crippen LogP contribution is 2.25. The van der Waals surface area contributed by atoms with Crippen LogP contribution in [0.25, 0.3) is 0 Å². The molecule has 3 rings (SSSR count). The second kappa shape index (κ2) is 7.61. The quantitative estimate of drug-likeness (QED) is 0.815. The number of benzene rings is 1. The van der Waals surface area contributed by atoms with Gasteiger partial charge in [0, 0.05) is 26.5 Å². The van der Waals surface area contributed by atoms with Crippen LogP contribution in [0.4, 0.5) is 10.7 Å². The van der Waals surface area contributed by atoms with Crippen LogP contribution in [0.5, 0.6) is 0 Å². The molecule has 0 saturated carbocycles. The van der Waals surface area contributed by atoms with Crippen LogP contribution in [0.3, 0.4) is 0 Å². The molecule has 1 aliphatic rings. The molecule has 1 aromatic carbocycles. The van der Waals surface area contributed by atoms with Gasteiger partial charge in [-0.3, -0.25) is 19.4 Å². The van der Waals surface area contributed by atoms with Crippen molar-refractivity contribution >= 4 is 23.8 Å². The zero-order chi connectivity index (χ0) is 19.6. The zero-order valence-corrected chi connectivity index (χ0v) is 15.6. The maximum Gasteiger partial charge on any atom is 0.325 e. The Labute approximate surface area is 157 Å². The third-order valence-electron chi connectivity index (χ3n) is 4.79. The van der Waals surface area contributed by atoms with E-state index in [2.05, 4.69) is 10.3 Å². The minimum absolute atomic E-state index is 0.0170. The number of carbonyl (C=O) groups excluding carboxylic acids is 3. The first-order valence-corrected chi connectivity index (χ1v) is 8.86. The predicted octanol–water partition coefficient (Wildman–Crippen LogP) is 1.84. The summed E-state index contributed by atoms with van der Waals surface area (Å²) >= 11 is 0. The fourth-order valence-corrected chi connectivity index (χ4v) is 3.20. The molecule has 2 atom stereocenters. The van der Waals surface area contributed by atoms with E-state index in [0.717, 1.165) is 10.5 Å². The maximum atomic E-state index is 12.8. The van der Waals surface area contributed by atoms with Gasteiger partial charge in [0.25, 0.3) is 5.91 Å². The van der Waals surface area contributed by atoms with E-state index in [0.29, 0.717) is 12.4 Å². The topological polar surface area (TPSA) is 87.5 Å². The number of imidazole rings is 1. The first kappa shape index (κ1) is 18.6. The Balaban J connectivity index is 1.71. The summed E-state index contributed by atoms with van der Waals surface area (Å²) in [5.41, 5.74) is 0.953. The highest BCUT2D eigenvalue weighted by molar-refractivity contribution is 6.10. The molecule has 0 spiro atoms. The summed E-state index contributed by atoms with van der Waals surface area (Å²) in [6.45, 7) is 1.95. The SMILES string of the molecule is CC[C@@H](NC(=O)N1C(=O)CC1C(=O)N(C)c1nccn1C)c1ccccc1. The van der Waals surface area contributed by atoms with E-state index in [-0.39, 0.29) is 24.3 Å². The average molecular weight is 369 g/mol. The van der Waals surface area contributed by atoms with Gasteiger partial charge in [0.1, 0.15) is 6.04 Å². The van der Waals surface area contributed by atoms with Gasteiger partial charge in [0.15, 0.2) is 0 Å². The zero-order valence-electron chi connectivity index (χ0n) is 15.6. The number of likely N-dealkylation sites (tertiary alicyclic amines) is 1. The van der Waals surface area contributed by atoms with Crippen LogP contribution in [0.1, 0.15) is 31.4 Å². The number of likely N-dealkylation sites (N-methyl/N-ethyl adjacent to an activating group) is 1. The fourth-order valence-electron chi connectivity index (χ4n) is 3.20. The maximum absolute atomic E-state index is 12.8.